The van der Waals surface area contributed by atoms with Gasteiger partial charge < -0.3 is 19.9 Å². The maximum Gasteiger partial charge on any atom is 0.246 e. The lowest BCUT2D eigenvalue weighted by atomic mass is 9.71. The van der Waals surface area contributed by atoms with Gasteiger partial charge in [0.15, 0.2) is 6.35 Å². The maximum atomic E-state index is 12.6. The minimum atomic E-state index is -0.167. The number of likely N-dealkylation sites (N-methyl/N-ethyl adjacent to an activating group) is 2. The molecule has 1 aromatic carbocycles. The molecule has 226 valence electrons. The van der Waals surface area contributed by atoms with Gasteiger partial charge in [0.25, 0.3) is 0 Å². The second kappa shape index (κ2) is 12.6. The molecule has 0 radical (unpaired) electrons. The van der Waals surface area contributed by atoms with Crippen LogP contribution in [0, 0.1) is 5.92 Å². The fourth-order valence-electron chi connectivity index (χ4n) is 8.39. The Morgan fingerprint density at radius 2 is 2.05 bits per heavy atom. The van der Waals surface area contributed by atoms with Gasteiger partial charge in [-0.2, -0.15) is 0 Å². The first-order valence-electron chi connectivity index (χ1n) is 15.8. The summed E-state index contributed by atoms with van der Waals surface area (Å²) in [4.78, 5) is 21.2. The molecule has 0 aromatic heterocycles. The Kier molecular flexibility index (Phi) is 9.13. The number of likely N-dealkylation sites (tertiary alicyclic amines) is 1. The molecule has 4 heterocycles. The lowest BCUT2D eigenvalue weighted by molar-refractivity contribution is -0.135. The fourth-order valence-corrected chi connectivity index (χ4v) is 10.2. The van der Waals surface area contributed by atoms with Gasteiger partial charge in [0.2, 0.25) is 5.91 Å². The monoisotopic (exact) mass is 582 g/mol. The van der Waals surface area contributed by atoms with E-state index in [-0.39, 0.29) is 29.2 Å². The molecule has 7 unspecified atom stereocenters. The number of hydrogen-bond donors (Lipinski definition) is 3. The highest BCUT2D eigenvalue weighted by Gasteiger charge is 2.51. The van der Waals surface area contributed by atoms with Gasteiger partial charge in [0, 0.05) is 53.8 Å². The van der Waals surface area contributed by atoms with Crippen LogP contribution in [-0.4, -0.2) is 109 Å². The molecule has 8 atom stereocenters. The normalized spacial score (nSPS) is 38.0. The van der Waals surface area contributed by atoms with Crippen molar-refractivity contribution in [2.75, 3.05) is 53.4 Å². The van der Waals surface area contributed by atoms with E-state index in [1.165, 1.54) is 48.6 Å². The molecule has 8 nitrogen and oxygen atoms in total. The molecule has 4 aliphatic heterocycles. The molecule has 1 aliphatic carbocycles. The van der Waals surface area contributed by atoms with Crippen molar-refractivity contribution in [3.05, 3.63) is 42.5 Å². The quantitative estimate of drug-likeness (QED) is 0.424. The van der Waals surface area contributed by atoms with Crippen LogP contribution in [-0.2, 0) is 9.53 Å². The minimum absolute atomic E-state index is 0.0336. The van der Waals surface area contributed by atoms with Crippen LogP contribution in [0.5, 0.6) is 0 Å². The van der Waals surface area contributed by atoms with Crippen LogP contribution in [0.4, 0.5) is 0 Å². The average Bonchev–Trinajstić information content (AvgIpc) is 3.39. The number of benzene rings is 1. The third kappa shape index (κ3) is 6.14. The van der Waals surface area contributed by atoms with E-state index in [2.05, 4.69) is 82.3 Å². The van der Waals surface area contributed by atoms with Crippen molar-refractivity contribution in [2.45, 2.75) is 91.7 Å². The molecule has 1 saturated carbocycles. The topological polar surface area (TPSA) is 72.1 Å². The predicted octanol–water partition coefficient (Wildman–Crippen LogP) is 3.02. The van der Waals surface area contributed by atoms with Crippen LogP contribution in [0.3, 0.4) is 0 Å². The summed E-state index contributed by atoms with van der Waals surface area (Å²) in [5.74, 6) is 1.12. The Hall–Kier alpha value is -1.46. The molecule has 5 aliphatic rings. The predicted molar refractivity (Wildman–Crippen MR) is 166 cm³/mol. The molecule has 6 rings (SSSR count). The second-order valence-electron chi connectivity index (χ2n) is 13.2. The number of piperazine rings is 1. The first-order chi connectivity index (χ1) is 19.9. The van der Waals surface area contributed by atoms with Crippen molar-refractivity contribution in [3.63, 3.8) is 0 Å². The third-order valence-electron chi connectivity index (χ3n) is 10.5. The van der Waals surface area contributed by atoms with Gasteiger partial charge in [0.05, 0.1) is 18.8 Å². The standard InChI is InChI=1S/C32H50N6O2S/c1-5-29(39)38-16-15-37(20-24(38)19-33-3)30-26-12-13-32(17-22(2)25-10-6-7-11-28(25)41-32)18-27(26)34-31(35-30)40-21-23-9-8-14-36(23)4/h5-7,10-11,22-24,26-27,30-31,33-35H,1,8-9,12-21H2,2-4H3/t22?,23?,24?,26?,27?,30?,31?,32-/m1/s1. The first-order valence-corrected chi connectivity index (χ1v) is 16.6. The van der Waals surface area contributed by atoms with Gasteiger partial charge in [0.1, 0.15) is 0 Å². The average molecular weight is 583 g/mol. The zero-order chi connectivity index (χ0) is 28.6. The molecule has 41 heavy (non-hydrogen) atoms. The minimum Gasteiger partial charge on any atom is -0.348 e. The summed E-state index contributed by atoms with van der Waals surface area (Å²) in [6, 6.07) is 10.1. The number of nitrogens with zero attached hydrogens (tertiary/aromatic N) is 3. The summed E-state index contributed by atoms with van der Waals surface area (Å²) in [5.41, 5.74) is 1.52. The number of hydrogen-bond acceptors (Lipinski definition) is 8. The molecular formula is C32H50N6O2S. The van der Waals surface area contributed by atoms with Crippen molar-refractivity contribution < 1.29 is 9.53 Å². The lowest BCUT2D eigenvalue weighted by Crippen LogP contribution is -2.73. The lowest BCUT2D eigenvalue weighted by Gasteiger charge is -2.56. The van der Waals surface area contributed by atoms with E-state index in [0.29, 0.717) is 23.9 Å². The van der Waals surface area contributed by atoms with Gasteiger partial charge in [-0.05, 0) is 82.8 Å². The van der Waals surface area contributed by atoms with E-state index >= 15 is 0 Å². The van der Waals surface area contributed by atoms with Gasteiger partial charge in [-0.15, -0.1) is 11.8 Å². The molecule has 4 fully saturated rings. The third-order valence-corrected chi connectivity index (χ3v) is 12.1. The smallest absolute Gasteiger partial charge is 0.246 e. The highest BCUT2D eigenvalue weighted by molar-refractivity contribution is 8.00. The highest BCUT2D eigenvalue weighted by Crippen LogP contribution is 2.56. The molecule has 3 saturated heterocycles. The Morgan fingerprint density at radius 3 is 2.83 bits per heavy atom. The Morgan fingerprint density at radius 1 is 1.20 bits per heavy atom. The van der Waals surface area contributed by atoms with Gasteiger partial charge in [-0.25, -0.2) is 0 Å². The van der Waals surface area contributed by atoms with Crippen LogP contribution in [0.1, 0.15) is 56.9 Å². The summed E-state index contributed by atoms with van der Waals surface area (Å²) in [5, 5.41) is 11.2. The number of nitrogens with one attached hydrogen (secondary N) is 3. The van der Waals surface area contributed by atoms with E-state index in [9.17, 15) is 4.79 Å². The van der Waals surface area contributed by atoms with Crippen molar-refractivity contribution in [2.24, 2.45) is 5.92 Å². The van der Waals surface area contributed by atoms with Gasteiger partial charge in [-0.3, -0.25) is 20.3 Å². The Balaban J connectivity index is 1.21. The zero-order valence-electron chi connectivity index (χ0n) is 25.2. The van der Waals surface area contributed by atoms with Crippen molar-refractivity contribution in [3.8, 4) is 0 Å². The number of rotatable bonds is 7. The second-order valence-corrected chi connectivity index (χ2v) is 14.7. The summed E-state index contributed by atoms with van der Waals surface area (Å²) >= 11 is 2.14. The van der Waals surface area contributed by atoms with Crippen LogP contribution < -0.4 is 16.0 Å². The molecule has 1 spiro atoms. The van der Waals surface area contributed by atoms with Gasteiger partial charge >= 0.3 is 0 Å². The van der Waals surface area contributed by atoms with Crippen molar-refractivity contribution >= 4 is 17.7 Å². The van der Waals surface area contributed by atoms with Crippen molar-refractivity contribution in [1.29, 1.82) is 0 Å². The number of thioether (sulfide) groups is 1. The first kappa shape index (κ1) is 29.6. The molecule has 0 bridgehead atoms. The molecule has 3 N–H and O–H groups in total. The number of amides is 1. The van der Waals surface area contributed by atoms with Crippen molar-refractivity contribution in [1.82, 2.24) is 30.7 Å². The summed E-state index contributed by atoms with van der Waals surface area (Å²) in [6.07, 6.45) is 8.82. The van der Waals surface area contributed by atoms with Crippen LogP contribution >= 0.6 is 11.8 Å². The van der Waals surface area contributed by atoms with E-state index < -0.39 is 0 Å². The fraction of sp³-hybridized carbons (Fsp3) is 0.719. The molecular weight excluding hydrogens is 532 g/mol. The Bertz CT molecular complexity index is 1090. The van der Waals surface area contributed by atoms with Gasteiger partial charge in [-0.1, -0.05) is 31.7 Å². The number of fused-ring (bicyclic) bond motifs is 2. The molecule has 9 heteroatoms. The van der Waals surface area contributed by atoms with E-state index in [4.69, 9.17) is 4.74 Å². The van der Waals surface area contributed by atoms with Crippen LogP contribution in [0.25, 0.3) is 0 Å². The van der Waals surface area contributed by atoms with E-state index in [0.717, 1.165) is 45.8 Å². The van der Waals surface area contributed by atoms with E-state index in [1.807, 2.05) is 11.9 Å². The number of carbonyl (C=O) groups is 1. The number of ether oxygens (including phenoxy) is 1. The maximum absolute atomic E-state index is 12.6. The largest absolute Gasteiger partial charge is 0.348 e. The molecule has 1 aromatic rings. The Labute approximate surface area is 251 Å². The summed E-state index contributed by atoms with van der Waals surface area (Å²) in [7, 11) is 4.19. The number of carbonyl (C=O) groups excluding carboxylic acids is 1. The van der Waals surface area contributed by atoms with Crippen LogP contribution in [0.15, 0.2) is 41.8 Å². The highest BCUT2D eigenvalue weighted by atomic mass is 32.2. The molecule has 1 amide bonds. The van der Waals surface area contributed by atoms with Crippen LogP contribution in [0.2, 0.25) is 0 Å². The summed E-state index contributed by atoms with van der Waals surface area (Å²) in [6.45, 7) is 11.3. The summed E-state index contributed by atoms with van der Waals surface area (Å²) < 4.78 is 6.89. The SMILES string of the molecule is C=CC(=O)N1CCN(C2NC(OCC3CCCN3C)NC3C[C@@]4(CCC32)CC(C)c2ccccc2S4)CC1CNC. The zero-order valence-corrected chi connectivity index (χ0v) is 26.0. The van der Waals surface area contributed by atoms with E-state index in [1.54, 1.807) is 0 Å².